The minimum Gasteiger partial charge on any atom is -0.507 e. The predicted molar refractivity (Wildman–Crippen MR) is 133 cm³/mol. The van der Waals surface area contributed by atoms with Crippen molar-refractivity contribution < 1.29 is 15.0 Å². The maximum atomic E-state index is 11.2. The lowest BCUT2D eigenvalue weighted by molar-refractivity contribution is -0.385. The molecular weight excluding hydrogens is 450 g/mol. The van der Waals surface area contributed by atoms with Crippen molar-refractivity contribution in [3.8, 4) is 5.75 Å². The topological polar surface area (TPSA) is 144 Å². The van der Waals surface area contributed by atoms with Crippen molar-refractivity contribution in [2.75, 3.05) is 0 Å². The van der Waals surface area contributed by atoms with Crippen LogP contribution in [0, 0.1) is 20.2 Å². The molecule has 0 spiro atoms. The van der Waals surface area contributed by atoms with Gasteiger partial charge in [0.2, 0.25) is 0 Å². The second kappa shape index (κ2) is 10.6. The number of phenolic OH excluding ortho intramolecular Hbond substituents is 1. The number of non-ortho nitro benzene ring substituents is 2. The molecule has 1 N–H and O–H groups in total. The van der Waals surface area contributed by atoms with E-state index in [2.05, 4.69) is 15.2 Å². The zero-order valence-corrected chi connectivity index (χ0v) is 19.7. The standard InChI is InChI=1S/C25H25N5O5/c1-15(2)22-13-19(14-23(16(3)4)24(22)31)27-28-25(17-8-10-20(11-9-17)29(32)33)26-18-6-5-7-21(12-18)30(34)35/h5-16,31H,1-4H3. The number of benzene rings is 3. The minimum absolute atomic E-state index is 0.0512. The summed E-state index contributed by atoms with van der Waals surface area (Å²) in [7, 11) is 0. The van der Waals surface area contributed by atoms with Crippen molar-refractivity contribution in [2.24, 2.45) is 15.2 Å². The molecule has 10 heteroatoms. The number of azo groups is 1. The summed E-state index contributed by atoms with van der Waals surface area (Å²) in [4.78, 5) is 25.6. The number of rotatable bonds is 7. The Morgan fingerprint density at radius 2 is 1.37 bits per heavy atom. The third-order valence-corrected chi connectivity index (χ3v) is 5.27. The van der Waals surface area contributed by atoms with Crippen molar-refractivity contribution >= 4 is 28.6 Å². The Labute approximate surface area is 202 Å². The molecule has 180 valence electrons. The maximum Gasteiger partial charge on any atom is 0.271 e. The number of nitro groups is 2. The van der Waals surface area contributed by atoms with Gasteiger partial charge in [0, 0.05) is 29.8 Å². The number of phenols is 1. The summed E-state index contributed by atoms with van der Waals surface area (Å²) in [6, 6.07) is 14.9. The number of nitro benzene ring substituents is 2. The molecule has 0 fully saturated rings. The Hall–Kier alpha value is -4.47. The molecule has 0 saturated heterocycles. The first-order valence-corrected chi connectivity index (χ1v) is 10.9. The first-order chi connectivity index (χ1) is 16.6. The molecular formula is C25H25N5O5. The van der Waals surface area contributed by atoms with Crippen molar-refractivity contribution in [3.63, 3.8) is 0 Å². The Bertz CT molecular complexity index is 1290. The number of hydrogen-bond donors (Lipinski definition) is 1. The summed E-state index contributed by atoms with van der Waals surface area (Å²) in [6.45, 7) is 7.86. The van der Waals surface area contributed by atoms with E-state index in [1.165, 1.54) is 42.5 Å². The average molecular weight is 476 g/mol. The number of aromatic hydroxyl groups is 1. The van der Waals surface area contributed by atoms with Crippen molar-refractivity contribution in [3.05, 3.63) is 97.6 Å². The molecule has 0 aliphatic rings. The summed E-state index contributed by atoms with van der Waals surface area (Å²) < 4.78 is 0. The van der Waals surface area contributed by atoms with E-state index < -0.39 is 9.85 Å². The summed E-state index contributed by atoms with van der Waals surface area (Å²) >= 11 is 0. The molecule has 0 aliphatic carbocycles. The van der Waals surface area contributed by atoms with Gasteiger partial charge < -0.3 is 5.11 Å². The van der Waals surface area contributed by atoms with E-state index >= 15 is 0 Å². The van der Waals surface area contributed by atoms with Crippen LogP contribution in [-0.2, 0) is 0 Å². The van der Waals surface area contributed by atoms with Gasteiger partial charge in [-0.3, -0.25) is 20.2 Å². The zero-order valence-electron chi connectivity index (χ0n) is 19.7. The fourth-order valence-corrected chi connectivity index (χ4v) is 3.38. The summed E-state index contributed by atoms with van der Waals surface area (Å²) in [5.74, 6) is 0.450. The van der Waals surface area contributed by atoms with E-state index in [4.69, 9.17) is 0 Å². The first kappa shape index (κ1) is 25.2. The van der Waals surface area contributed by atoms with Crippen molar-refractivity contribution in [1.82, 2.24) is 0 Å². The smallest absolute Gasteiger partial charge is 0.271 e. The Morgan fingerprint density at radius 3 is 1.89 bits per heavy atom. The molecule has 3 rings (SSSR count). The molecule has 0 aromatic heterocycles. The lowest BCUT2D eigenvalue weighted by atomic mass is 9.93. The van der Waals surface area contributed by atoms with Crippen LogP contribution < -0.4 is 0 Å². The molecule has 3 aromatic carbocycles. The maximum absolute atomic E-state index is 11.2. The largest absolute Gasteiger partial charge is 0.507 e. The summed E-state index contributed by atoms with van der Waals surface area (Å²) in [5, 5.41) is 41.5. The highest BCUT2D eigenvalue weighted by Crippen LogP contribution is 2.37. The molecule has 0 saturated carbocycles. The predicted octanol–water partition coefficient (Wildman–Crippen LogP) is 7.32. The van der Waals surface area contributed by atoms with Gasteiger partial charge in [0.05, 0.1) is 21.2 Å². The second-order valence-electron chi connectivity index (χ2n) is 8.50. The van der Waals surface area contributed by atoms with Crippen LogP contribution in [0.2, 0.25) is 0 Å². The van der Waals surface area contributed by atoms with Crippen molar-refractivity contribution in [1.29, 1.82) is 0 Å². The average Bonchev–Trinajstić information content (AvgIpc) is 2.82. The van der Waals surface area contributed by atoms with E-state index in [1.54, 1.807) is 18.2 Å². The number of nitrogens with zero attached hydrogens (tertiary/aromatic N) is 5. The fraction of sp³-hybridized carbons (Fsp3) is 0.240. The minimum atomic E-state index is -0.524. The highest BCUT2D eigenvalue weighted by Gasteiger charge is 2.16. The zero-order chi connectivity index (χ0) is 25.7. The molecule has 0 aliphatic heterocycles. The van der Waals surface area contributed by atoms with Crippen LogP contribution in [0.4, 0.5) is 22.7 Å². The van der Waals surface area contributed by atoms with Gasteiger partial charge in [-0.25, -0.2) is 4.99 Å². The van der Waals surface area contributed by atoms with Gasteiger partial charge >= 0.3 is 0 Å². The van der Waals surface area contributed by atoms with Gasteiger partial charge in [-0.05, 0) is 53.3 Å². The van der Waals surface area contributed by atoms with Gasteiger partial charge in [0.1, 0.15) is 5.75 Å². The first-order valence-electron chi connectivity index (χ1n) is 10.9. The van der Waals surface area contributed by atoms with E-state index in [-0.39, 0.29) is 40.5 Å². The third-order valence-electron chi connectivity index (χ3n) is 5.27. The van der Waals surface area contributed by atoms with Crippen molar-refractivity contribution in [2.45, 2.75) is 39.5 Å². The number of hydrogen-bond acceptors (Lipinski definition) is 7. The third kappa shape index (κ3) is 6.11. The lowest BCUT2D eigenvalue weighted by Gasteiger charge is -2.15. The molecule has 35 heavy (non-hydrogen) atoms. The molecule has 3 aromatic rings. The second-order valence-corrected chi connectivity index (χ2v) is 8.50. The summed E-state index contributed by atoms with van der Waals surface area (Å²) in [5.41, 5.74) is 2.47. The molecule has 0 radical (unpaired) electrons. The van der Waals surface area contributed by atoms with Gasteiger partial charge in [-0.15, -0.1) is 10.2 Å². The van der Waals surface area contributed by atoms with Gasteiger partial charge in [0.15, 0.2) is 5.84 Å². The quantitative estimate of drug-likeness (QED) is 0.125. The SMILES string of the molecule is CC(C)c1cc(N=NC(=Nc2cccc([N+](=O)[O-])c2)c2ccc([N+](=O)[O-])cc2)cc(C(C)C)c1O. The lowest BCUT2D eigenvalue weighted by Crippen LogP contribution is -1.98. The van der Waals surface area contributed by atoms with Crippen LogP contribution >= 0.6 is 0 Å². The van der Waals surface area contributed by atoms with Gasteiger partial charge in [0.25, 0.3) is 11.4 Å². The number of aliphatic imine (C=N–C) groups is 1. The Balaban J connectivity index is 2.12. The number of amidine groups is 1. The molecule has 0 amide bonds. The van der Waals surface area contributed by atoms with E-state index in [9.17, 15) is 25.3 Å². The van der Waals surface area contributed by atoms with E-state index in [0.717, 1.165) is 11.1 Å². The van der Waals surface area contributed by atoms with Crippen LogP contribution in [0.25, 0.3) is 0 Å². The fourth-order valence-electron chi connectivity index (χ4n) is 3.38. The molecule has 0 heterocycles. The molecule has 0 bridgehead atoms. The molecule has 0 unspecified atom stereocenters. The normalized spacial score (nSPS) is 12.0. The monoisotopic (exact) mass is 475 g/mol. The molecule has 0 atom stereocenters. The Kier molecular flexibility index (Phi) is 7.65. The van der Waals surface area contributed by atoms with Crippen LogP contribution in [0.1, 0.15) is 56.2 Å². The van der Waals surface area contributed by atoms with Crippen LogP contribution in [0.15, 0.2) is 75.9 Å². The highest BCUT2D eigenvalue weighted by molar-refractivity contribution is 6.01. The van der Waals surface area contributed by atoms with Crippen LogP contribution in [0.3, 0.4) is 0 Å². The van der Waals surface area contributed by atoms with E-state index in [0.29, 0.717) is 11.3 Å². The molecule has 10 nitrogen and oxygen atoms in total. The van der Waals surface area contributed by atoms with Gasteiger partial charge in [-0.2, -0.15) is 0 Å². The highest BCUT2D eigenvalue weighted by atomic mass is 16.6. The van der Waals surface area contributed by atoms with Crippen LogP contribution in [0.5, 0.6) is 5.75 Å². The summed E-state index contributed by atoms with van der Waals surface area (Å²) in [6.07, 6.45) is 0. The van der Waals surface area contributed by atoms with E-state index in [1.807, 2.05) is 27.7 Å². The Morgan fingerprint density at radius 1 is 0.800 bits per heavy atom. The van der Waals surface area contributed by atoms with Crippen LogP contribution in [-0.4, -0.2) is 20.8 Å². The van der Waals surface area contributed by atoms with Gasteiger partial charge in [-0.1, -0.05) is 33.8 Å².